The molecule has 0 fully saturated rings. The largest absolute Gasteiger partial charge is 0.353 e. The summed E-state index contributed by atoms with van der Waals surface area (Å²) < 4.78 is 1.98. The quantitative estimate of drug-likeness (QED) is 0.537. The normalized spacial score (nSPS) is 16.4. The van der Waals surface area contributed by atoms with Crippen LogP contribution >= 0.6 is 0 Å². The van der Waals surface area contributed by atoms with Crippen molar-refractivity contribution in [1.82, 2.24) is 9.80 Å². The summed E-state index contributed by atoms with van der Waals surface area (Å²) in [5, 5.41) is 0. The molecule has 1 aromatic rings. The van der Waals surface area contributed by atoms with E-state index < -0.39 is 0 Å². The number of amides is 2. The fraction of sp³-hybridized carbons (Fsp3) is 0.333. The second kappa shape index (κ2) is 4.35. The lowest BCUT2D eigenvalue weighted by Gasteiger charge is -2.33. The van der Waals surface area contributed by atoms with Crippen molar-refractivity contribution in [2.24, 2.45) is 0 Å². The third kappa shape index (κ3) is 2.21. The molecule has 84 valence electrons. The Balaban J connectivity index is 2.12. The van der Waals surface area contributed by atoms with Crippen LogP contribution in [0.25, 0.3) is 0 Å². The van der Waals surface area contributed by atoms with Gasteiger partial charge in [-0.1, -0.05) is 30.3 Å². The molecule has 0 bridgehead atoms. The van der Waals surface area contributed by atoms with E-state index in [4.69, 9.17) is 0 Å². The number of rotatable bonds is 2. The Kier molecular flexibility index (Phi) is 2.90. The predicted molar refractivity (Wildman–Crippen MR) is 61.2 cm³/mol. The molecule has 16 heavy (non-hydrogen) atoms. The highest BCUT2D eigenvalue weighted by Gasteiger charge is 2.16. The van der Waals surface area contributed by atoms with Crippen molar-refractivity contribution in [3.05, 3.63) is 35.9 Å². The van der Waals surface area contributed by atoms with Crippen LogP contribution in [0.4, 0.5) is 4.79 Å². The number of benzene rings is 1. The fourth-order valence-electron chi connectivity index (χ4n) is 1.75. The molecule has 1 aliphatic heterocycles. The van der Waals surface area contributed by atoms with E-state index in [-0.39, 0.29) is 6.03 Å². The van der Waals surface area contributed by atoms with E-state index in [1.807, 2.05) is 22.8 Å². The first-order chi connectivity index (χ1) is 7.66. The van der Waals surface area contributed by atoms with Gasteiger partial charge in [-0.3, -0.25) is 0 Å². The minimum absolute atomic E-state index is 0.0238. The number of carbonyl (C=O) groups is 1. The molecule has 2 amide bonds. The van der Waals surface area contributed by atoms with Crippen molar-refractivity contribution in [2.45, 2.75) is 6.54 Å². The van der Waals surface area contributed by atoms with Crippen LogP contribution in [-0.4, -0.2) is 47.5 Å². The molecule has 2 rings (SSSR count). The molecule has 0 spiro atoms. The molecule has 1 aromatic carbocycles. The molecule has 0 N–H and O–H groups in total. The molecule has 0 atom stereocenters. The topological polar surface area (TPSA) is 26.6 Å². The van der Waals surface area contributed by atoms with Gasteiger partial charge in [0, 0.05) is 7.05 Å². The summed E-state index contributed by atoms with van der Waals surface area (Å²) in [5.74, 6) is 0. The Labute approximate surface area is 95.4 Å². The van der Waals surface area contributed by atoms with E-state index in [0.29, 0.717) is 6.67 Å². The van der Waals surface area contributed by atoms with E-state index in [1.54, 1.807) is 19.0 Å². The Hall–Kier alpha value is -1.84. The van der Waals surface area contributed by atoms with Gasteiger partial charge in [0.25, 0.3) is 6.03 Å². The minimum atomic E-state index is -0.0238. The van der Waals surface area contributed by atoms with Crippen molar-refractivity contribution < 1.29 is 9.37 Å². The average molecular weight is 217 g/mol. The summed E-state index contributed by atoms with van der Waals surface area (Å²) in [6.07, 6.45) is 3.02. The van der Waals surface area contributed by atoms with Crippen LogP contribution in [0.1, 0.15) is 5.56 Å². The average Bonchev–Trinajstić information content (AvgIpc) is 2.27. The van der Waals surface area contributed by atoms with Crippen LogP contribution in [0.5, 0.6) is 0 Å². The molecule has 4 nitrogen and oxygen atoms in total. The fourth-order valence-corrected chi connectivity index (χ4v) is 1.75. The maximum atomic E-state index is 11.5. The van der Waals surface area contributed by atoms with Gasteiger partial charge in [-0.2, -0.15) is 0 Å². The highest BCUT2D eigenvalue weighted by atomic mass is 16.2. The second-order valence-electron chi connectivity index (χ2n) is 3.96. The van der Waals surface area contributed by atoms with E-state index in [1.165, 1.54) is 10.5 Å². The monoisotopic (exact) mass is 217 g/mol. The molecule has 0 aliphatic carbocycles. The van der Waals surface area contributed by atoms with E-state index >= 15 is 0 Å². The van der Waals surface area contributed by atoms with Crippen LogP contribution in [-0.2, 0) is 6.54 Å². The molecule has 0 unspecified atom stereocenters. The summed E-state index contributed by atoms with van der Waals surface area (Å²) in [6.45, 7) is 1.35. The van der Waals surface area contributed by atoms with Crippen LogP contribution in [0, 0.1) is 0 Å². The Bertz CT molecular complexity index is 414. The number of hydrogen-bond acceptors (Lipinski definition) is 1. The third-order valence-electron chi connectivity index (χ3n) is 2.50. The summed E-state index contributed by atoms with van der Waals surface area (Å²) in [5.41, 5.74) is 1.21. The van der Waals surface area contributed by atoms with Crippen molar-refractivity contribution in [3.63, 3.8) is 0 Å². The molecule has 0 aromatic heterocycles. The molecule has 1 heterocycles. The Morgan fingerprint density at radius 3 is 2.62 bits per heavy atom. The van der Waals surface area contributed by atoms with Crippen LogP contribution < -0.4 is 0 Å². The second-order valence-corrected chi connectivity index (χ2v) is 3.96. The van der Waals surface area contributed by atoms with Gasteiger partial charge in [0.05, 0.1) is 6.54 Å². The zero-order valence-corrected chi connectivity index (χ0v) is 9.55. The Morgan fingerprint density at radius 1 is 1.31 bits per heavy atom. The highest BCUT2D eigenvalue weighted by Crippen LogP contribution is 2.04. The number of urea groups is 1. The molecule has 0 saturated heterocycles. The first kappa shape index (κ1) is 10.7. The lowest BCUT2D eigenvalue weighted by Crippen LogP contribution is -2.48. The molecule has 1 aliphatic rings. The highest BCUT2D eigenvalue weighted by molar-refractivity contribution is 5.85. The van der Waals surface area contributed by atoms with Crippen LogP contribution in [0.15, 0.2) is 30.3 Å². The van der Waals surface area contributed by atoms with Crippen molar-refractivity contribution in [1.29, 1.82) is 0 Å². The number of nitrogens with zero attached hydrogens (tertiary/aromatic N) is 3. The lowest BCUT2D eigenvalue weighted by atomic mass is 10.2. The lowest BCUT2D eigenvalue weighted by molar-refractivity contribution is -0.562. The van der Waals surface area contributed by atoms with Gasteiger partial charge >= 0.3 is 0 Å². The summed E-state index contributed by atoms with van der Waals surface area (Å²) in [4.78, 5) is 14.6. The number of hydrogen-bond donors (Lipinski definition) is 0. The predicted octanol–water partition coefficient (Wildman–Crippen LogP) is 1.06. The van der Waals surface area contributed by atoms with E-state index in [0.717, 1.165) is 6.54 Å². The summed E-state index contributed by atoms with van der Waals surface area (Å²) in [6, 6.07) is 10.1. The Morgan fingerprint density at radius 2 is 2.00 bits per heavy atom. The van der Waals surface area contributed by atoms with Gasteiger partial charge in [-0.05, 0) is 12.6 Å². The van der Waals surface area contributed by atoms with E-state index in [9.17, 15) is 4.79 Å². The minimum Gasteiger partial charge on any atom is -0.353 e. The van der Waals surface area contributed by atoms with Gasteiger partial charge in [0.1, 0.15) is 13.0 Å². The van der Waals surface area contributed by atoms with Crippen molar-refractivity contribution in [2.75, 3.05) is 20.8 Å². The first-order valence-corrected chi connectivity index (χ1v) is 5.21. The summed E-state index contributed by atoms with van der Waals surface area (Å²) >= 11 is 0. The zero-order chi connectivity index (χ0) is 11.5. The van der Waals surface area contributed by atoms with Crippen molar-refractivity contribution >= 4 is 12.4 Å². The van der Waals surface area contributed by atoms with Crippen LogP contribution in [0.3, 0.4) is 0 Å². The maximum Gasteiger partial charge on any atom is 0.254 e. The number of carbonyl (C=O) groups excluding carboxylic acids is 1. The molecule has 0 radical (unpaired) electrons. The van der Waals surface area contributed by atoms with Gasteiger partial charge in [0.15, 0.2) is 0 Å². The SMILES string of the molecule is CN1[C-]=[N+](Cc2ccccc2)CN(C)C1=O. The summed E-state index contributed by atoms with van der Waals surface area (Å²) in [7, 11) is 3.51. The zero-order valence-electron chi connectivity index (χ0n) is 9.55. The molecule has 4 heteroatoms. The van der Waals surface area contributed by atoms with Crippen LogP contribution in [0.2, 0.25) is 0 Å². The molecular weight excluding hydrogens is 202 g/mol. The van der Waals surface area contributed by atoms with Gasteiger partial charge in [-0.15, -0.1) is 0 Å². The standard InChI is InChI=1S/C12H15N3O/c1-13-9-15(10-14(2)12(13)16)8-11-6-4-3-5-7-11/h3-7H,8-9H2,1-2H3. The van der Waals surface area contributed by atoms with E-state index in [2.05, 4.69) is 18.5 Å². The van der Waals surface area contributed by atoms with Gasteiger partial charge in [0.2, 0.25) is 0 Å². The first-order valence-electron chi connectivity index (χ1n) is 5.21. The van der Waals surface area contributed by atoms with Crippen molar-refractivity contribution in [3.8, 4) is 0 Å². The van der Waals surface area contributed by atoms with Gasteiger partial charge in [-0.25, -0.2) is 0 Å². The molecular formula is C12H15N3O. The molecule has 0 saturated carbocycles. The smallest absolute Gasteiger partial charge is 0.254 e. The van der Waals surface area contributed by atoms with Gasteiger partial charge < -0.3 is 19.2 Å². The third-order valence-corrected chi connectivity index (χ3v) is 2.50. The maximum absolute atomic E-state index is 11.5.